The molecule has 0 bridgehead atoms. The molecule has 0 unspecified atom stereocenters. The van der Waals surface area contributed by atoms with Crippen LogP contribution >= 0.6 is 0 Å². The van der Waals surface area contributed by atoms with E-state index in [1.54, 1.807) is 0 Å². The molecule has 1 saturated heterocycles. The number of nitrogens with zero attached hydrogens (tertiary/aromatic N) is 2. The number of nitrogens with two attached hydrogens (primary N) is 1. The summed E-state index contributed by atoms with van der Waals surface area (Å²) in [5.41, 5.74) is 7.28. The molecule has 0 amide bonds. The van der Waals surface area contributed by atoms with Crippen LogP contribution in [0.3, 0.4) is 0 Å². The molecule has 0 radical (unpaired) electrons. The van der Waals surface area contributed by atoms with Crippen LogP contribution in [0.4, 0.5) is 0 Å². The Balaban J connectivity index is 1.83. The van der Waals surface area contributed by atoms with Crippen LogP contribution in [-0.2, 0) is 6.42 Å². The topological polar surface area (TPSA) is 50.9 Å². The largest absolute Gasteiger partial charge is 0.494 e. The minimum atomic E-state index is 0.698. The second-order valence-electron chi connectivity index (χ2n) is 5.12. The van der Waals surface area contributed by atoms with Crippen LogP contribution in [0.5, 0.6) is 5.75 Å². The third kappa shape index (κ3) is 4.44. The summed E-state index contributed by atoms with van der Waals surface area (Å²) in [6.07, 6.45) is 4.67. The fourth-order valence-corrected chi connectivity index (χ4v) is 2.48. The van der Waals surface area contributed by atoms with Crippen molar-refractivity contribution in [3.05, 3.63) is 29.8 Å². The Morgan fingerprint density at radius 2 is 2.10 bits per heavy atom. The van der Waals surface area contributed by atoms with E-state index in [-0.39, 0.29) is 0 Å². The van der Waals surface area contributed by atoms with Crippen LogP contribution in [-0.4, -0.2) is 37.1 Å². The van der Waals surface area contributed by atoms with Crippen molar-refractivity contribution in [2.45, 2.75) is 32.6 Å². The quantitative estimate of drug-likeness (QED) is 0.663. The first-order valence-electron chi connectivity index (χ1n) is 7.56. The van der Waals surface area contributed by atoms with E-state index < -0.39 is 0 Å². The smallest absolute Gasteiger partial charge is 0.191 e. The lowest BCUT2D eigenvalue weighted by molar-refractivity contribution is 0.338. The minimum absolute atomic E-state index is 0.698. The molecule has 20 heavy (non-hydrogen) atoms. The van der Waals surface area contributed by atoms with Crippen LogP contribution in [0.15, 0.2) is 29.3 Å². The first kappa shape index (κ1) is 14.7. The number of aliphatic imine (C=N–C) groups is 1. The predicted molar refractivity (Wildman–Crippen MR) is 83.2 cm³/mol. The zero-order valence-electron chi connectivity index (χ0n) is 12.3. The number of ether oxygens (including phenoxy) is 1. The molecule has 1 fully saturated rings. The third-order valence-electron chi connectivity index (χ3n) is 3.56. The van der Waals surface area contributed by atoms with E-state index in [0.29, 0.717) is 12.6 Å². The highest BCUT2D eigenvalue weighted by Crippen LogP contribution is 2.14. The van der Waals surface area contributed by atoms with Crippen LogP contribution in [0.25, 0.3) is 0 Å². The second-order valence-corrected chi connectivity index (χ2v) is 5.12. The summed E-state index contributed by atoms with van der Waals surface area (Å²) >= 11 is 0. The SMILES string of the molecule is CCOc1cccc(CCN=C(N)N2CCCCC2)c1. The highest BCUT2D eigenvalue weighted by Gasteiger charge is 2.11. The highest BCUT2D eigenvalue weighted by atomic mass is 16.5. The molecule has 1 aliphatic rings. The molecule has 0 spiro atoms. The minimum Gasteiger partial charge on any atom is -0.494 e. The van der Waals surface area contributed by atoms with Gasteiger partial charge in [0, 0.05) is 19.6 Å². The van der Waals surface area contributed by atoms with Gasteiger partial charge in [0.1, 0.15) is 5.75 Å². The summed E-state index contributed by atoms with van der Waals surface area (Å²) in [4.78, 5) is 6.69. The molecule has 1 aromatic carbocycles. The fourth-order valence-electron chi connectivity index (χ4n) is 2.48. The number of rotatable bonds is 5. The van der Waals surface area contributed by atoms with E-state index in [1.807, 2.05) is 19.1 Å². The van der Waals surface area contributed by atoms with Gasteiger partial charge in [0.15, 0.2) is 5.96 Å². The number of hydrogen-bond acceptors (Lipinski definition) is 2. The number of likely N-dealkylation sites (tertiary alicyclic amines) is 1. The maximum Gasteiger partial charge on any atom is 0.191 e. The maximum atomic E-state index is 6.04. The van der Waals surface area contributed by atoms with Gasteiger partial charge in [-0.3, -0.25) is 4.99 Å². The Morgan fingerprint density at radius 1 is 1.30 bits per heavy atom. The monoisotopic (exact) mass is 275 g/mol. The van der Waals surface area contributed by atoms with Gasteiger partial charge in [-0.25, -0.2) is 0 Å². The summed E-state index contributed by atoms with van der Waals surface area (Å²) < 4.78 is 5.50. The predicted octanol–water partition coefficient (Wildman–Crippen LogP) is 2.43. The van der Waals surface area contributed by atoms with Gasteiger partial charge in [-0.05, 0) is 50.3 Å². The molecule has 2 N–H and O–H groups in total. The average Bonchev–Trinajstić information content (AvgIpc) is 2.49. The Hall–Kier alpha value is -1.71. The number of guanidine groups is 1. The number of piperidine rings is 1. The van der Waals surface area contributed by atoms with Crippen molar-refractivity contribution in [1.29, 1.82) is 0 Å². The van der Waals surface area contributed by atoms with E-state index in [9.17, 15) is 0 Å². The highest BCUT2D eigenvalue weighted by molar-refractivity contribution is 5.78. The van der Waals surface area contributed by atoms with E-state index in [0.717, 1.165) is 31.8 Å². The van der Waals surface area contributed by atoms with Gasteiger partial charge in [0.05, 0.1) is 6.61 Å². The summed E-state index contributed by atoms with van der Waals surface area (Å²) in [6.45, 7) is 5.53. The molecule has 0 aromatic heterocycles. The molecule has 4 heteroatoms. The number of hydrogen-bond donors (Lipinski definition) is 1. The average molecular weight is 275 g/mol. The lowest BCUT2D eigenvalue weighted by Crippen LogP contribution is -2.41. The van der Waals surface area contributed by atoms with Crippen molar-refractivity contribution in [2.75, 3.05) is 26.2 Å². The summed E-state index contributed by atoms with van der Waals surface area (Å²) in [7, 11) is 0. The zero-order chi connectivity index (χ0) is 14.2. The van der Waals surface area contributed by atoms with Gasteiger partial charge in [0.25, 0.3) is 0 Å². The standard InChI is InChI=1S/C16H25N3O/c1-2-20-15-8-6-7-14(13-15)9-10-18-16(17)19-11-4-3-5-12-19/h6-8,13H,2-5,9-12H2,1H3,(H2,17,18). The van der Waals surface area contributed by atoms with Crippen LogP contribution in [0, 0.1) is 0 Å². The molecule has 2 rings (SSSR count). The molecule has 1 aliphatic heterocycles. The van der Waals surface area contributed by atoms with Gasteiger partial charge in [0.2, 0.25) is 0 Å². The molecular weight excluding hydrogens is 250 g/mol. The van der Waals surface area contributed by atoms with Crippen LogP contribution in [0.2, 0.25) is 0 Å². The molecule has 0 atom stereocenters. The van der Waals surface area contributed by atoms with Crippen molar-refractivity contribution < 1.29 is 4.74 Å². The summed E-state index contributed by atoms with van der Waals surface area (Å²) in [6, 6.07) is 8.20. The summed E-state index contributed by atoms with van der Waals surface area (Å²) in [5, 5.41) is 0. The Morgan fingerprint density at radius 3 is 2.85 bits per heavy atom. The normalized spacial score (nSPS) is 16.2. The molecule has 1 heterocycles. The van der Waals surface area contributed by atoms with E-state index in [4.69, 9.17) is 10.5 Å². The first-order chi connectivity index (χ1) is 9.79. The molecule has 1 aromatic rings. The van der Waals surface area contributed by atoms with Crippen molar-refractivity contribution in [2.24, 2.45) is 10.7 Å². The van der Waals surface area contributed by atoms with Gasteiger partial charge < -0.3 is 15.4 Å². The van der Waals surface area contributed by atoms with E-state index in [2.05, 4.69) is 22.0 Å². The van der Waals surface area contributed by atoms with Crippen molar-refractivity contribution in [1.82, 2.24) is 4.90 Å². The number of benzene rings is 1. The van der Waals surface area contributed by atoms with E-state index >= 15 is 0 Å². The maximum absolute atomic E-state index is 6.04. The van der Waals surface area contributed by atoms with Crippen molar-refractivity contribution in [3.8, 4) is 5.75 Å². The van der Waals surface area contributed by atoms with Gasteiger partial charge >= 0.3 is 0 Å². The van der Waals surface area contributed by atoms with Crippen LogP contribution < -0.4 is 10.5 Å². The Labute approximate surface area is 121 Å². The molecular formula is C16H25N3O. The Bertz CT molecular complexity index is 439. The molecule has 4 nitrogen and oxygen atoms in total. The summed E-state index contributed by atoms with van der Waals surface area (Å²) in [5.74, 6) is 1.63. The molecule has 0 saturated carbocycles. The second kappa shape index (κ2) is 7.78. The van der Waals surface area contributed by atoms with Crippen LogP contribution in [0.1, 0.15) is 31.7 Å². The molecule has 110 valence electrons. The van der Waals surface area contributed by atoms with Crippen molar-refractivity contribution >= 4 is 5.96 Å². The van der Waals surface area contributed by atoms with E-state index in [1.165, 1.54) is 24.8 Å². The third-order valence-corrected chi connectivity index (χ3v) is 3.56. The zero-order valence-corrected chi connectivity index (χ0v) is 12.3. The fraction of sp³-hybridized carbons (Fsp3) is 0.562. The van der Waals surface area contributed by atoms with Gasteiger partial charge in [-0.2, -0.15) is 0 Å². The lowest BCUT2D eigenvalue weighted by Gasteiger charge is -2.27. The lowest BCUT2D eigenvalue weighted by atomic mass is 10.1. The molecule has 0 aliphatic carbocycles. The van der Waals surface area contributed by atoms with Gasteiger partial charge in [-0.1, -0.05) is 12.1 Å². The first-order valence-corrected chi connectivity index (χ1v) is 7.56. The van der Waals surface area contributed by atoms with Crippen molar-refractivity contribution in [3.63, 3.8) is 0 Å². The Kier molecular flexibility index (Phi) is 5.71. The van der Waals surface area contributed by atoms with Gasteiger partial charge in [-0.15, -0.1) is 0 Å².